The second-order valence-electron chi connectivity index (χ2n) is 5.99. The highest BCUT2D eigenvalue weighted by Gasteiger charge is 2.32. The topological polar surface area (TPSA) is 101 Å². The summed E-state index contributed by atoms with van der Waals surface area (Å²) in [4.78, 5) is 19.9. The highest BCUT2D eigenvalue weighted by atomic mass is 16.6. The average Bonchev–Trinajstić information content (AvgIpc) is 2.38. The summed E-state index contributed by atoms with van der Waals surface area (Å²) in [6.45, 7) is 10.0. The molecule has 118 valence electrons. The molecular formula is C15H23NO5. The van der Waals surface area contributed by atoms with Crippen LogP contribution >= 0.6 is 0 Å². The van der Waals surface area contributed by atoms with Crippen LogP contribution in [0.15, 0.2) is 24.3 Å². The van der Waals surface area contributed by atoms with Crippen molar-refractivity contribution in [2.75, 3.05) is 0 Å². The third-order valence-corrected chi connectivity index (χ3v) is 3.63. The quantitative estimate of drug-likeness (QED) is 0.657. The van der Waals surface area contributed by atoms with Crippen LogP contribution in [0.4, 0.5) is 5.69 Å². The van der Waals surface area contributed by atoms with Crippen molar-refractivity contribution < 1.29 is 19.9 Å². The number of non-ortho nitro benzene ring substituents is 1. The Morgan fingerprint density at radius 1 is 1.19 bits per heavy atom. The molecule has 1 aromatic rings. The maximum absolute atomic E-state index is 10.3. The predicted molar refractivity (Wildman–Crippen MR) is 80.4 cm³/mol. The van der Waals surface area contributed by atoms with Crippen molar-refractivity contribution in [2.24, 2.45) is 5.41 Å². The highest BCUT2D eigenvalue weighted by Crippen LogP contribution is 2.31. The van der Waals surface area contributed by atoms with Gasteiger partial charge in [-0.15, -0.1) is 0 Å². The number of benzene rings is 1. The summed E-state index contributed by atoms with van der Waals surface area (Å²) in [5.41, 5.74) is -0.588. The fraction of sp³-hybridized carbons (Fsp3) is 0.533. The standard InChI is InChI=1S/C8H18O.C7H5NO4/c1-6-8(5,9)7(2,3)4;9-7(10)5-1-3-6(4-2-5)8(11)12/h9H,6H2,1-5H3;1-4H,(H,9,10). The fourth-order valence-corrected chi connectivity index (χ4v) is 1.26. The maximum Gasteiger partial charge on any atom is 0.335 e. The van der Waals surface area contributed by atoms with Crippen LogP contribution in [-0.2, 0) is 0 Å². The van der Waals surface area contributed by atoms with Gasteiger partial charge in [-0.2, -0.15) is 0 Å². The van der Waals surface area contributed by atoms with Crippen LogP contribution in [0.5, 0.6) is 0 Å². The van der Waals surface area contributed by atoms with E-state index in [9.17, 15) is 20.0 Å². The Morgan fingerprint density at radius 2 is 1.62 bits per heavy atom. The van der Waals surface area contributed by atoms with Crippen molar-refractivity contribution in [3.63, 3.8) is 0 Å². The minimum atomic E-state index is -1.09. The van der Waals surface area contributed by atoms with Gasteiger partial charge in [0.1, 0.15) is 0 Å². The molecule has 0 spiro atoms. The Hall–Kier alpha value is -1.95. The van der Waals surface area contributed by atoms with E-state index in [1.807, 2.05) is 13.8 Å². The number of hydrogen-bond donors (Lipinski definition) is 2. The molecule has 0 amide bonds. The molecule has 0 radical (unpaired) electrons. The SMILES string of the molecule is CCC(C)(O)C(C)(C)C.O=C(O)c1ccc([N+](=O)[O-])cc1. The van der Waals surface area contributed by atoms with Crippen molar-refractivity contribution >= 4 is 11.7 Å². The van der Waals surface area contributed by atoms with Gasteiger partial charge in [-0.3, -0.25) is 10.1 Å². The van der Waals surface area contributed by atoms with Gasteiger partial charge < -0.3 is 10.2 Å². The van der Waals surface area contributed by atoms with E-state index in [2.05, 4.69) is 20.8 Å². The Kier molecular flexibility index (Phi) is 6.51. The van der Waals surface area contributed by atoms with Crippen molar-refractivity contribution in [2.45, 2.75) is 46.6 Å². The van der Waals surface area contributed by atoms with Crippen LogP contribution in [0.2, 0.25) is 0 Å². The summed E-state index contributed by atoms with van der Waals surface area (Å²) in [5, 5.41) is 28.2. The molecule has 1 unspecified atom stereocenters. The van der Waals surface area contributed by atoms with Gasteiger partial charge in [-0.05, 0) is 30.9 Å². The number of rotatable bonds is 3. The number of aromatic carboxylic acids is 1. The number of hydrogen-bond acceptors (Lipinski definition) is 4. The molecule has 0 aliphatic heterocycles. The Balaban J connectivity index is 0.000000400. The lowest BCUT2D eigenvalue weighted by Crippen LogP contribution is -2.38. The molecule has 0 saturated heterocycles. The minimum absolute atomic E-state index is 0.00174. The van der Waals surface area contributed by atoms with Crippen molar-refractivity contribution in [3.05, 3.63) is 39.9 Å². The van der Waals surface area contributed by atoms with Gasteiger partial charge in [0.25, 0.3) is 5.69 Å². The predicted octanol–water partition coefficient (Wildman–Crippen LogP) is 3.49. The molecule has 0 aliphatic carbocycles. The Morgan fingerprint density at radius 3 is 1.81 bits per heavy atom. The van der Waals surface area contributed by atoms with E-state index in [1.165, 1.54) is 12.1 Å². The molecule has 1 atom stereocenters. The molecule has 6 heteroatoms. The first-order valence-corrected chi connectivity index (χ1v) is 6.62. The summed E-state index contributed by atoms with van der Waals surface area (Å²) in [7, 11) is 0. The van der Waals surface area contributed by atoms with Crippen LogP contribution in [0.25, 0.3) is 0 Å². The molecule has 21 heavy (non-hydrogen) atoms. The molecule has 2 N–H and O–H groups in total. The number of nitro benzene ring substituents is 1. The van der Waals surface area contributed by atoms with E-state index >= 15 is 0 Å². The normalized spacial score (nSPS) is 13.6. The van der Waals surface area contributed by atoms with Crippen LogP contribution in [0, 0.1) is 15.5 Å². The van der Waals surface area contributed by atoms with Crippen molar-refractivity contribution in [3.8, 4) is 0 Å². The molecule has 6 nitrogen and oxygen atoms in total. The maximum atomic E-state index is 10.3. The lowest BCUT2D eigenvalue weighted by atomic mass is 9.76. The Labute approximate surface area is 124 Å². The van der Waals surface area contributed by atoms with Gasteiger partial charge in [-0.25, -0.2) is 4.79 Å². The molecule has 1 rings (SSSR count). The third kappa shape index (κ3) is 5.91. The summed E-state index contributed by atoms with van der Waals surface area (Å²) in [6.07, 6.45) is 0.816. The zero-order chi connectivity index (χ0) is 16.8. The molecular weight excluding hydrogens is 274 g/mol. The zero-order valence-corrected chi connectivity index (χ0v) is 13.1. The number of nitrogens with zero attached hydrogens (tertiary/aromatic N) is 1. The van der Waals surface area contributed by atoms with Gasteiger partial charge in [-0.1, -0.05) is 27.7 Å². The summed E-state index contributed by atoms with van der Waals surface area (Å²) in [5.74, 6) is -1.09. The molecule has 0 aliphatic rings. The summed E-state index contributed by atoms with van der Waals surface area (Å²) >= 11 is 0. The summed E-state index contributed by atoms with van der Waals surface area (Å²) < 4.78 is 0. The van der Waals surface area contributed by atoms with E-state index in [0.29, 0.717) is 0 Å². The first-order valence-electron chi connectivity index (χ1n) is 6.62. The number of carboxylic acid groups (broad SMARTS) is 1. The lowest BCUT2D eigenvalue weighted by Gasteiger charge is -2.36. The molecule has 0 bridgehead atoms. The van der Waals surface area contributed by atoms with Gasteiger partial charge >= 0.3 is 5.97 Å². The molecule has 0 aromatic heterocycles. The Bertz CT molecular complexity index is 453. The number of carbonyl (C=O) groups is 1. The molecule has 0 saturated carbocycles. The van der Waals surface area contributed by atoms with Crippen molar-refractivity contribution in [1.29, 1.82) is 0 Å². The highest BCUT2D eigenvalue weighted by molar-refractivity contribution is 5.87. The molecule has 1 aromatic carbocycles. The third-order valence-electron chi connectivity index (χ3n) is 3.63. The van der Waals surface area contributed by atoms with E-state index in [4.69, 9.17) is 5.11 Å². The first-order chi connectivity index (χ1) is 9.42. The largest absolute Gasteiger partial charge is 0.478 e. The lowest BCUT2D eigenvalue weighted by molar-refractivity contribution is -0.384. The van der Waals surface area contributed by atoms with Crippen LogP contribution in [-0.4, -0.2) is 26.7 Å². The smallest absolute Gasteiger partial charge is 0.335 e. The number of carboxylic acids is 1. The zero-order valence-electron chi connectivity index (χ0n) is 13.1. The summed E-state index contributed by atoms with van der Waals surface area (Å²) in [6, 6.07) is 4.70. The van der Waals surface area contributed by atoms with E-state index in [1.54, 1.807) is 0 Å². The van der Waals surface area contributed by atoms with Gasteiger partial charge in [0.2, 0.25) is 0 Å². The monoisotopic (exact) mass is 297 g/mol. The average molecular weight is 297 g/mol. The van der Waals surface area contributed by atoms with Crippen LogP contribution < -0.4 is 0 Å². The van der Waals surface area contributed by atoms with E-state index in [0.717, 1.165) is 18.6 Å². The second kappa shape index (κ2) is 7.17. The van der Waals surface area contributed by atoms with E-state index < -0.39 is 16.5 Å². The number of nitro groups is 1. The van der Waals surface area contributed by atoms with Gasteiger partial charge in [0.15, 0.2) is 0 Å². The van der Waals surface area contributed by atoms with Crippen LogP contribution in [0.1, 0.15) is 51.4 Å². The first kappa shape index (κ1) is 19.1. The fourth-order valence-electron chi connectivity index (χ4n) is 1.26. The van der Waals surface area contributed by atoms with Gasteiger partial charge in [0.05, 0.1) is 16.1 Å². The number of aliphatic hydroxyl groups is 1. The van der Waals surface area contributed by atoms with Gasteiger partial charge in [0, 0.05) is 12.1 Å². The minimum Gasteiger partial charge on any atom is -0.478 e. The van der Waals surface area contributed by atoms with Crippen LogP contribution in [0.3, 0.4) is 0 Å². The molecule has 0 fully saturated rings. The molecule has 0 heterocycles. The van der Waals surface area contributed by atoms with Crippen molar-refractivity contribution in [1.82, 2.24) is 0 Å². The second-order valence-corrected chi connectivity index (χ2v) is 5.99. The van der Waals surface area contributed by atoms with E-state index in [-0.39, 0.29) is 16.7 Å².